The lowest BCUT2D eigenvalue weighted by Gasteiger charge is -2.18. The maximum Gasteiger partial charge on any atom is 0.356 e. The Morgan fingerprint density at radius 2 is 1.86 bits per heavy atom. The van der Waals surface area contributed by atoms with Crippen LogP contribution in [0.2, 0.25) is 0 Å². The van der Waals surface area contributed by atoms with Gasteiger partial charge in [-0.25, -0.2) is 18.6 Å². The molecule has 2 heterocycles. The molecule has 1 aliphatic rings. The minimum Gasteiger partial charge on any atom is -0.493 e. The van der Waals surface area contributed by atoms with Crippen LogP contribution < -0.4 is 9.47 Å². The molecule has 4 aromatic rings. The number of carbonyl (C=O) groups is 1. The lowest BCUT2D eigenvalue weighted by Crippen LogP contribution is -2.12. The third-order valence-corrected chi connectivity index (χ3v) is 6.05. The van der Waals surface area contributed by atoms with Gasteiger partial charge in [0.25, 0.3) is 0 Å². The predicted octanol–water partition coefficient (Wildman–Crippen LogP) is 5.29. The Hall–Kier alpha value is -4.34. The number of hydrogen-bond acceptors (Lipinski definition) is 6. The molecule has 0 spiro atoms. The number of carboxylic acids is 1. The Balaban J connectivity index is 1.61. The van der Waals surface area contributed by atoms with Crippen molar-refractivity contribution in [2.45, 2.75) is 31.8 Å². The molecule has 0 aliphatic heterocycles. The highest BCUT2D eigenvalue weighted by Gasteiger charge is 2.21. The SMILES string of the molecule is COc1cccc(C=Cc2nc3cc(F)c(F)cc3n2-c2ccc(C(=O)O)nn2)c1OC1CCCC1. The first-order chi connectivity index (χ1) is 17.4. The number of ether oxygens (including phenoxy) is 2. The van der Waals surface area contributed by atoms with Gasteiger partial charge in [-0.1, -0.05) is 12.1 Å². The first-order valence-electron chi connectivity index (χ1n) is 11.4. The summed E-state index contributed by atoms with van der Waals surface area (Å²) in [5.74, 6) is -1.61. The van der Waals surface area contributed by atoms with E-state index in [1.165, 1.54) is 16.7 Å². The molecule has 0 bridgehead atoms. The monoisotopic (exact) mass is 492 g/mol. The van der Waals surface area contributed by atoms with Crippen molar-refractivity contribution < 1.29 is 28.2 Å². The van der Waals surface area contributed by atoms with E-state index in [1.807, 2.05) is 18.2 Å². The van der Waals surface area contributed by atoms with Crippen LogP contribution in [0.1, 0.15) is 47.6 Å². The molecule has 1 aliphatic carbocycles. The number of benzene rings is 2. The fraction of sp³-hybridized carbons (Fsp3) is 0.231. The Morgan fingerprint density at radius 3 is 2.56 bits per heavy atom. The van der Waals surface area contributed by atoms with Gasteiger partial charge >= 0.3 is 5.97 Å². The molecular weight excluding hydrogens is 470 g/mol. The number of halogens is 2. The summed E-state index contributed by atoms with van der Waals surface area (Å²) in [5.41, 5.74) is 0.942. The number of nitrogens with zero attached hydrogens (tertiary/aromatic N) is 4. The topological polar surface area (TPSA) is 99.4 Å². The molecule has 1 N–H and O–H groups in total. The molecule has 2 aromatic heterocycles. The Morgan fingerprint density at radius 1 is 1.08 bits per heavy atom. The van der Waals surface area contributed by atoms with Crippen LogP contribution in [0, 0.1) is 11.6 Å². The molecular formula is C26H22F2N4O4. The Bertz CT molecular complexity index is 1460. The maximum absolute atomic E-state index is 14.1. The third kappa shape index (κ3) is 4.49. The van der Waals surface area contributed by atoms with Crippen molar-refractivity contribution in [1.29, 1.82) is 0 Å². The van der Waals surface area contributed by atoms with Gasteiger partial charge < -0.3 is 14.6 Å². The zero-order valence-corrected chi connectivity index (χ0v) is 19.3. The van der Waals surface area contributed by atoms with Gasteiger partial charge in [0.2, 0.25) is 0 Å². The summed E-state index contributed by atoms with van der Waals surface area (Å²) >= 11 is 0. The van der Waals surface area contributed by atoms with Crippen LogP contribution in [0.3, 0.4) is 0 Å². The average Bonchev–Trinajstić information content (AvgIpc) is 3.51. The number of hydrogen-bond donors (Lipinski definition) is 1. The van der Waals surface area contributed by atoms with Crippen molar-refractivity contribution in [2.75, 3.05) is 7.11 Å². The second kappa shape index (κ2) is 9.73. The smallest absolute Gasteiger partial charge is 0.356 e. The largest absolute Gasteiger partial charge is 0.493 e. The van der Waals surface area contributed by atoms with Crippen molar-refractivity contribution in [3.05, 3.63) is 71.2 Å². The van der Waals surface area contributed by atoms with Gasteiger partial charge in [0, 0.05) is 17.7 Å². The van der Waals surface area contributed by atoms with Crippen LogP contribution in [-0.4, -0.2) is 44.0 Å². The molecule has 1 fully saturated rings. The number of para-hydroxylation sites is 1. The zero-order valence-electron chi connectivity index (χ0n) is 19.3. The van der Waals surface area contributed by atoms with E-state index in [0.717, 1.165) is 43.4 Å². The second-order valence-electron chi connectivity index (χ2n) is 8.38. The van der Waals surface area contributed by atoms with Gasteiger partial charge in [0.15, 0.2) is 34.6 Å². The van der Waals surface area contributed by atoms with E-state index in [4.69, 9.17) is 14.6 Å². The molecule has 0 unspecified atom stereocenters. The minimum atomic E-state index is -1.23. The second-order valence-corrected chi connectivity index (χ2v) is 8.38. The van der Waals surface area contributed by atoms with Gasteiger partial charge in [-0.3, -0.25) is 4.57 Å². The summed E-state index contributed by atoms with van der Waals surface area (Å²) in [6, 6.07) is 10.2. The molecule has 0 atom stereocenters. The standard InChI is InChI=1S/C26H22F2N4O4/c1-35-22-8-4-5-15(25(22)36-16-6-2-3-7-16)9-11-23-29-20-13-17(27)18(28)14-21(20)32(23)24-12-10-19(26(33)34)30-31-24/h4-5,8-14,16H,2-3,6-7H2,1H3,(H,33,34). The summed E-state index contributed by atoms with van der Waals surface area (Å²) in [4.78, 5) is 15.6. The van der Waals surface area contributed by atoms with Crippen LogP contribution in [-0.2, 0) is 0 Å². The quantitative estimate of drug-likeness (QED) is 0.374. The highest BCUT2D eigenvalue weighted by atomic mass is 19.2. The summed E-state index contributed by atoms with van der Waals surface area (Å²) in [5, 5.41) is 16.8. The molecule has 1 saturated carbocycles. The van der Waals surface area contributed by atoms with Crippen molar-refractivity contribution >= 4 is 29.2 Å². The van der Waals surface area contributed by atoms with Crippen LogP contribution in [0.5, 0.6) is 11.5 Å². The molecule has 0 saturated heterocycles. The van der Waals surface area contributed by atoms with Crippen molar-refractivity contribution in [1.82, 2.24) is 19.7 Å². The number of carboxylic acid groups (broad SMARTS) is 1. The fourth-order valence-corrected chi connectivity index (χ4v) is 4.29. The molecule has 184 valence electrons. The lowest BCUT2D eigenvalue weighted by atomic mass is 10.1. The molecule has 0 amide bonds. The van der Waals surface area contributed by atoms with Gasteiger partial charge in [0.05, 0.1) is 24.2 Å². The van der Waals surface area contributed by atoms with Crippen LogP contribution >= 0.6 is 0 Å². The third-order valence-electron chi connectivity index (χ3n) is 6.05. The summed E-state index contributed by atoms with van der Waals surface area (Å²) in [6.07, 6.45) is 7.72. The van der Waals surface area contributed by atoms with Gasteiger partial charge in [-0.2, -0.15) is 0 Å². The first-order valence-corrected chi connectivity index (χ1v) is 11.4. The first kappa shape index (κ1) is 23.4. The van der Waals surface area contributed by atoms with E-state index >= 15 is 0 Å². The van der Waals surface area contributed by atoms with Gasteiger partial charge in [-0.05, 0) is 56.0 Å². The molecule has 5 rings (SSSR count). The Kier molecular flexibility index (Phi) is 6.32. The van der Waals surface area contributed by atoms with E-state index in [0.29, 0.717) is 17.3 Å². The van der Waals surface area contributed by atoms with Crippen molar-refractivity contribution in [2.24, 2.45) is 0 Å². The van der Waals surface area contributed by atoms with Gasteiger partial charge in [0.1, 0.15) is 5.82 Å². The highest BCUT2D eigenvalue weighted by molar-refractivity contribution is 5.85. The number of aromatic carboxylic acids is 1. The molecule has 0 radical (unpaired) electrons. The van der Waals surface area contributed by atoms with Crippen molar-refractivity contribution in [3.63, 3.8) is 0 Å². The van der Waals surface area contributed by atoms with Crippen molar-refractivity contribution in [3.8, 4) is 17.3 Å². The number of rotatable bonds is 7. The van der Waals surface area contributed by atoms with Crippen LogP contribution in [0.4, 0.5) is 8.78 Å². The maximum atomic E-state index is 14.1. The molecule has 36 heavy (non-hydrogen) atoms. The number of fused-ring (bicyclic) bond motifs is 1. The average molecular weight is 492 g/mol. The number of methoxy groups -OCH3 is 1. The highest BCUT2D eigenvalue weighted by Crippen LogP contribution is 2.36. The van der Waals surface area contributed by atoms with E-state index in [2.05, 4.69) is 15.2 Å². The lowest BCUT2D eigenvalue weighted by molar-refractivity contribution is 0.0689. The fourth-order valence-electron chi connectivity index (χ4n) is 4.29. The molecule has 2 aromatic carbocycles. The normalized spacial score (nSPS) is 14.1. The minimum absolute atomic E-state index is 0.104. The molecule has 10 heteroatoms. The number of imidazole rings is 1. The Labute approximate surface area is 204 Å². The summed E-state index contributed by atoms with van der Waals surface area (Å²) in [6.45, 7) is 0. The van der Waals surface area contributed by atoms with Crippen LogP contribution in [0.15, 0.2) is 42.5 Å². The predicted molar refractivity (Wildman–Crippen MR) is 128 cm³/mol. The van der Waals surface area contributed by atoms with Gasteiger partial charge in [-0.15, -0.1) is 10.2 Å². The van der Waals surface area contributed by atoms with E-state index < -0.39 is 17.6 Å². The van der Waals surface area contributed by atoms with E-state index in [1.54, 1.807) is 19.3 Å². The summed E-state index contributed by atoms with van der Waals surface area (Å²) in [7, 11) is 1.58. The number of aromatic nitrogens is 4. The van der Waals surface area contributed by atoms with E-state index in [-0.39, 0.29) is 28.6 Å². The molecule has 8 nitrogen and oxygen atoms in total. The summed E-state index contributed by atoms with van der Waals surface area (Å²) < 4.78 is 41.3. The zero-order chi connectivity index (χ0) is 25.2. The van der Waals surface area contributed by atoms with Crippen LogP contribution in [0.25, 0.3) is 29.0 Å². The van der Waals surface area contributed by atoms with E-state index in [9.17, 15) is 13.6 Å².